The molecule has 0 rings (SSSR count). The van der Waals surface area contributed by atoms with E-state index in [4.69, 9.17) is 37.0 Å². The summed E-state index contributed by atoms with van der Waals surface area (Å²) in [5, 5.41) is 10.6. The van der Waals surface area contributed by atoms with Crippen LogP contribution < -0.4 is 0 Å². The second-order valence-electron chi connectivity index (χ2n) is 26.3. The maximum atomic E-state index is 13.0. The van der Waals surface area contributed by atoms with E-state index in [1.165, 1.54) is 173 Å². The largest absolute Gasteiger partial charge is 0.472 e. The first kappa shape index (κ1) is 88.1. The number of esters is 4. The molecule has 0 aromatic rings. The Morgan fingerprint density at radius 2 is 0.567 bits per heavy atom. The van der Waals surface area contributed by atoms with E-state index < -0.39 is 97.5 Å². The zero-order chi connectivity index (χ0) is 66.5. The average Bonchev–Trinajstić information content (AvgIpc) is 3.07. The van der Waals surface area contributed by atoms with Gasteiger partial charge < -0.3 is 33.8 Å². The lowest BCUT2D eigenvalue weighted by atomic mass is 10.00. The maximum absolute atomic E-state index is 13.0. The van der Waals surface area contributed by atoms with Gasteiger partial charge in [-0.25, -0.2) is 9.13 Å². The lowest BCUT2D eigenvalue weighted by Crippen LogP contribution is -2.30. The molecule has 0 bridgehead atoms. The van der Waals surface area contributed by atoms with Crippen molar-refractivity contribution in [3.05, 3.63) is 0 Å². The molecule has 0 aromatic heterocycles. The van der Waals surface area contributed by atoms with Gasteiger partial charge in [0.1, 0.15) is 19.3 Å². The van der Waals surface area contributed by atoms with Crippen molar-refractivity contribution in [2.24, 2.45) is 11.8 Å². The molecule has 534 valence electrons. The molecule has 3 N–H and O–H groups in total. The van der Waals surface area contributed by atoms with E-state index in [-0.39, 0.29) is 25.7 Å². The van der Waals surface area contributed by atoms with E-state index >= 15 is 0 Å². The fourth-order valence-electron chi connectivity index (χ4n) is 10.7. The molecule has 0 aliphatic carbocycles. The van der Waals surface area contributed by atoms with Crippen LogP contribution in [0.25, 0.3) is 0 Å². The van der Waals surface area contributed by atoms with Crippen molar-refractivity contribution in [1.82, 2.24) is 0 Å². The zero-order valence-electron chi connectivity index (χ0n) is 58.4. The van der Waals surface area contributed by atoms with E-state index in [0.717, 1.165) is 108 Å². The quantitative estimate of drug-likeness (QED) is 0.0222. The number of unbranched alkanes of at least 4 members (excludes halogenated alkanes) is 39. The lowest BCUT2D eigenvalue weighted by Gasteiger charge is -2.21. The van der Waals surface area contributed by atoms with Crippen LogP contribution in [0.5, 0.6) is 0 Å². The molecular formula is C71H138O17P2. The third-order valence-electron chi connectivity index (χ3n) is 16.8. The number of hydrogen-bond donors (Lipinski definition) is 3. The van der Waals surface area contributed by atoms with Crippen LogP contribution in [-0.4, -0.2) is 96.7 Å². The van der Waals surface area contributed by atoms with Crippen molar-refractivity contribution >= 4 is 39.5 Å². The van der Waals surface area contributed by atoms with Crippen molar-refractivity contribution in [2.45, 2.75) is 381 Å². The Kier molecular flexibility index (Phi) is 61.8. The second-order valence-corrected chi connectivity index (χ2v) is 29.3. The van der Waals surface area contributed by atoms with Crippen LogP contribution >= 0.6 is 15.6 Å². The zero-order valence-corrected chi connectivity index (χ0v) is 60.2. The summed E-state index contributed by atoms with van der Waals surface area (Å²) in [6.07, 6.45) is 48.5. The van der Waals surface area contributed by atoms with Crippen molar-refractivity contribution < 1.29 is 80.2 Å². The highest BCUT2D eigenvalue weighted by Gasteiger charge is 2.30. The second kappa shape index (κ2) is 63.1. The Morgan fingerprint density at radius 3 is 0.844 bits per heavy atom. The van der Waals surface area contributed by atoms with Crippen LogP contribution in [0.15, 0.2) is 0 Å². The highest BCUT2D eigenvalue weighted by Crippen LogP contribution is 2.45. The normalized spacial score (nSPS) is 14.4. The first-order valence-corrected chi connectivity index (χ1v) is 40.0. The average molecular weight is 1330 g/mol. The Hall–Kier alpha value is -1.94. The van der Waals surface area contributed by atoms with Crippen LogP contribution in [0, 0.1) is 11.8 Å². The molecule has 0 amide bonds. The molecule has 0 heterocycles. The van der Waals surface area contributed by atoms with Gasteiger partial charge in [0.2, 0.25) is 0 Å². The summed E-state index contributed by atoms with van der Waals surface area (Å²) in [6.45, 7) is 9.51. The van der Waals surface area contributed by atoms with Gasteiger partial charge >= 0.3 is 39.5 Å². The molecule has 0 saturated heterocycles. The summed E-state index contributed by atoms with van der Waals surface area (Å²) in [5.74, 6) is -0.632. The maximum Gasteiger partial charge on any atom is 0.472 e. The van der Waals surface area contributed by atoms with Gasteiger partial charge in [0.25, 0.3) is 0 Å². The smallest absolute Gasteiger partial charge is 0.462 e. The molecule has 0 radical (unpaired) electrons. The molecule has 19 heteroatoms. The minimum atomic E-state index is -4.95. The van der Waals surface area contributed by atoms with Gasteiger partial charge in [-0.05, 0) is 37.5 Å². The van der Waals surface area contributed by atoms with Crippen molar-refractivity contribution in [2.75, 3.05) is 39.6 Å². The number of aliphatic hydroxyl groups is 1. The fraction of sp³-hybridized carbons (Fsp3) is 0.944. The summed E-state index contributed by atoms with van der Waals surface area (Å²) in [4.78, 5) is 72.6. The summed E-state index contributed by atoms with van der Waals surface area (Å²) in [7, 11) is -9.90. The van der Waals surface area contributed by atoms with E-state index in [9.17, 15) is 43.2 Å². The molecule has 0 fully saturated rings. The van der Waals surface area contributed by atoms with E-state index in [2.05, 4.69) is 41.5 Å². The minimum Gasteiger partial charge on any atom is -0.462 e. The van der Waals surface area contributed by atoms with E-state index in [0.29, 0.717) is 25.7 Å². The molecular weight excluding hydrogens is 1190 g/mol. The molecule has 0 aromatic carbocycles. The number of phosphoric ester groups is 2. The van der Waals surface area contributed by atoms with Crippen LogP contribution in [0.2, 0.25) is 0 Å². The number of hydrogen-bond acceptors (Lipinski definition) is 15. The Labute approximate surface area is 549 Å². The number of ether oxygens (including phenoxy) is 4. The van der Waals surface area contributed by atoms with Gasteiger partial charge in [-0.2, -0.15) is 0 Å². The van der Waals surface area contributed by atoms with Crippen molar-refractivity contribution in [3.63, 3.8) is 0 Å². The molecule has 0 spiro atoms. The minimum absolute atomic E-state index is 0.106. The predicted molar refractivity (Wildman–Crippen MR) is 363 cm³/mol. The SMILES string of the molecule is CCCCCCCCCCCCCCCCCCC(=O)O[C@H](COC(=O)CCCCCCCCCCCCC(C)C)COP(=O)(O)OC[C@@H](O)COP(=O)(O)OC[C@@H](COC(=O)CCCCCCCCC(C)CC)OC(=O)CCCCCCCCCCCCC. The summed E-state index contributed by atoms with van der Waals surface area (Å²) < 4.78 is 68.3. The van der Waals surface area contributed by atoms with Gasteiger partial charge in [-0.3, -0.25) is 37.3 Å². The lowest BCUT2D eigenvalue weighted by molar-refractivity contribution is -0.161. The van der Waals surface area contributed by atoms with Crippen LogP contribution in [0.4, 0.5) is 0 Å². The van der Waals surface area contributed by atoms with Crippen LogP contribution in [0.1, 0.15) is 363 Å². The number of carbonyl (C=O) groups is 4. The Bertz CT molecular complexity index is 1750. The Morgan fingerprint density at radius 1 is 0.322 bits per heavy atom. The molecule has 0 aliphatic heterocycles. The summed E-state index contributed by atoms with van der Waals surface area (Å²) in [6, 6.07) is 0. The van der Waals surface area contributed by atoms with Crippen LogP contribution in [0.3, 0.4) is 0 Å². The number of aliphatic hydroxyl groups excluding tert-OH is 1. The topological polar surface area (TPSA) is 237 Å². The standard InChI is InChI=1S/C71H138O17P2/c1-7-10-12-14-16-18-20-21-22-23-24-26-32-36-44-50-56-71(76)87-66(59-81-68(73)53-47-41-34-30-28-27-29-33-39-45-51-63(4)5)61-85-89(77,78)83-57-65(72)58-84-90(79,80)86-62-67(60-82-69(74)54-48-42-38-37-40-46-52-64(6)9-3)88-70(75)55-49-43-35-31-25-19-17-15-13-11-8-2/h63-67,72H,7-62H2,1-6H3,(H,77,78)(H,79,80)/t64?,65-,66-,67-/m1/s1. The van der Waals surface area contributed by atoms with E-state index in [1.54, 1.807) is 0 Å². The van der Waals surface area contributed by atoms with Gasteiger partial charge in [-0.15, -0.1) is 0 Å². The van der Waals surface area contributed by atoms with E-state index in [1.807, 2.05) is 0 Å². The summed E-state index contributed by atoms with van der Waals surface area (Å²) in [5.41, 5.74) is 0. The fourth-order valence-corrected chi connectivity index (χ4v) is 12.3. The molecule has 3 unspecified atom stereocenters. The monoisotopic (exact) mass is 1320 g/mol. The van der Waals surface area contributed by atoms with Gasteiger partial charge in [0.05, 0.1) is 26.4 Å². The number of rotatable bonds is 70. The van der Waals surface area contributed by atoms with Gasteiger partial charge in [0, 0.05) is 25.7 Å². The highest BCUT2D eigenvalue weighted by atomic mass is 31.2. The Balaban J connectivity index is 5.25. The molecule has 0 aliphatic rings. The highest BCUT2D eigenvalue weighted by molar-refractivity contribution is 7.47. The number of carbonyl (C=O) groups excluding carboxylic acids is 4. The third-order valence-corrected chi connectivity index (χ3v) is 18.7. The molecule has 90 heavy (non-hydrogen) atoms. The first-order valence-electron chi connectivity index (χ1n) is 37.0. The van der Waals surface area contributed by atoms with Crippen molar-refractivity contribution in [1.29, 1.82) is 0 Å². The van der Waals surface area contributed by atoms with Gasteiger partial charge in [0.15, 0.2) is 12.2 Å². The van der Waals surface area contributed by atoms with Gasteiger partial charge in [-0.1, -0.05) is 311 Å². The predicted octanol–water partition coefficient (Wildman–Crippen LogP) is 20.4. The molecule has 17 nitrogen and oxygen atoms in total. The molecule has 0 saturated carbocycles. The van der Waals surface area contributed by atoms with Crippen LogP contribution in [-0.2, 0) is 65.4 Å². The number of phosphoric acid groups is 2. The van der Waals surface area contributed by atoms with Crippen molar-refractivity contribution in [3.8, 4) is 0 Å². The molecule has 6 atom stereocenters. The first-order chi connectivity index (χ1) is 43.4. The summed E-state index contributed by atoms with van der Waals surface area (Å²) >= 11 is 0. The third kappa shape index (κ3) is 63.5.